The van der Waals surface area contributed by atoms with Gasteiger partial charge < -0.3 is 44.4 Å². The molecule has 0 unspecified atom stereocenters. The fourth-order valence-corrected chi connectivity index (χ4v) is 6.97. The second-order valence-corrected chi connectivity index (χ2v) is 14.3. The first-order chi connectivity index (χ1) is 23.6. The summed E-state index contributed by atoms with van der Waals surface area (Å²) in [5, 5.41) is 18.0. The maximum Gasteiger partial charge on any atom is 1.00 e. The van der Waals surface area contributed by atoms with Gasteiger partial charge in [0.15, 0.2) is 0 Å². The average Bonchev–Trinajstić information content (AvgIpc) is 3.34. The third kappa shape index (κ3) is 8.28. The molecular weight excluding hydrogens is 671 g/mol. The molecule has 0 radical (unpaired) electrons. The minimum absolute atomic E-state index is 0. The molecule has 2 saturated carbocycles. The molecule has 5 rings (SSSR count). The average molecular weight is 717 g/mol. The molecule has 1 aromatic heterocycles. The Morgan fingerprint density at radius 2 is 1.78 bits per heavy atom. The molecule has 51 heavy (non-hydrogen) atoms. The molecule has 2 aromatic rings. The van der Waals surface area contributed by atoms with Crippen LogP contribution in [0.5, 0.6) is 11.5 Å². The van der Waals surface area contributed by atoms with Crippen LogP contribution in [0.1, 0.15) is 75.3 Å². The Labute approximate surface area is 319 Å². The molecular formula is C36H45N4NaO10. The van der Waals surface area contributed by atoms with Crippen LogP contribution < -0.4 is 54.8 Å². The number of carbonyl (C=O) groups is 5. The quantitative estimate of drug-likeness (QED) is 0.175. The monoisotopic (exact) mass is 716 g/mol. The number of rotatable bonds is 11. The number of carboxylic acid groups (broad SMARTS) is 1. The maximum absolute atomic E-state index is 14.4. The van der Waals surface area contributed by atoms with E-state index in [-0.39, 0.29) is 72.4 Å². The first-order valence-corrected chi connectivity index (χ1v) is 16.8. The molecule has 0 spiro atoms. The molecule has 0 bridgehead atoms. The number of nitrogens with one attached hydrogen (secondary N) is 2. The van der Waals surface area contributed by atoms with Crippen molar-refractivity contribution in [3.05, 3.63) is 42.1 Å². The van der Waals surface area contributed by atoms with Gasteiger partial charge in [0.25, 0.3) is 0 Å². The Morgan fingerprint density at radius 3 is 2.35 bits per heavy atom. The third-order valence-corrected chi connectivity index (χ3v) is 9.86. The number of benzene rings is 1. The Bertz CT molecular complexity index is 1700. The van der Waals surface area contributed by atoms with Gasteiger partial charge >= 0.3 is 41.6 Å². The second-order valence-electron chi connectivity index (χ2n) is 14.3. The number of alkyl carbamates (subject to hydrolysis) is 1. The van der Waals surface area contributed by atoms with Gasteiger partial charge in [0.05, 0.1) is 37.9 Å². The standard InChI is InChI=1S/C36H46N4O10.Na/c1-8-20-17-36(20,33(45)48-7)39-30(41)25-15-22(49-27-16-24(32(43)44)37-28-19(2)26(47-6)14-13-23(27)28)18-40(25)31(42)29(35(3,4)5)38-34(46)50-21-11-9-10-12-21;/h8,13-14,16,20-22,25,29H,1,9-12,15,17-18H2,2-7H3,(H,38,46)(H,39,41)(H,43,44);/q;+1/p-1/t20-,22-,25+,29-,36-;/m1./s1. The van der Waals surface area contributed by atoms with Gasteiger partial charge in [-0.05, 0) is 56.6 Å². The molecule has 14 nitrogen and oxygen atoms in total. The number of aromatic nitrogens is 1. The summed E-state index contributed by atoms with van der Waals surface area (Å²) in [6, 6.07) is 2.40. The molecule has 2 aliphatic carbocycles. The van der Waals surface area contributed by atoms with E-state index in [1.54, 1.807) is 45.9 Å². The fraction of sp³-hybridized carbons (Fsp3) is 0.556. The van der Waals surface area contributed by atoms with Crippen molar-refractivity contribution in [3.8, 4) is 11.5 Å². The third-order valence-electron chi connectivity index (χ3n) is 9.86. The van der Waals surface area contributed by atoms with Gasteiger partial charge in [0.2, 0.25) is 11.8 Å². The summed E-state index contributed by atoms with van der Waals surface area (Å²) >= 11 is 0. The molecule has 3 fully saturated rings. The number of hydrogen-bond donors (Lipinski definition) is 2. The van der Waals surface area contributed by atoms with Gasteiger partial charge in [-0.3, -0.25) is 9.59 Å². The Morgan fingerprint density at radius 1 is 1.10 bits per heavy atom. The van der Waals surface area contributed by atoms with Crippen LogP contribution in [0, 0.1) is 18.3 Å². The zero-order valence-corrected chi connectivity index (χ0v) is 32.3. The number of likely N-dealkylation sites (tertiary alicyclic amines) is 1. The summed E-state index contributed by atoms with van der Waals surface area (Å²) in [7, 11) is 2.71. The molecule has 2 heterocycles. The summed E-state index contributed by atoms with van der Waals surface area (Å²) in [6.07, 6.45) is 3.47. The number of esters is 1. The van der Waals surface area contributed by atoms with Gasteiger partial charge in [-0.25, -0.2) is 14.6 Å². The van der Waals surface area contributed by atoms with Crippen molar-refractivity contribution in [1.29, 1.82) is 0 Å². The van der Waals surface area contributed by atoms with Crippen LogP contribution in [0.25, 0.3) is 10.9 Å². The molecule has 3 amide bonds. The smallest absolute Gasteiger partial charge is 0.543 e. The van der Waals surface area contributed by atoms with Gasteiger partial charge in [0, 0.05) is 29.4 Å². The molecule has 2 N–H and O–H groups in total. The van der Waals surface area contributed by atoms with Gasteiger partial charge in [-0.2, -0.15) is 0 Å². The number of amides is 3. The Balaban J connectivity index is 0.00000583. The van der Waals surface area contributed by atoms with E-state index in [0.717, 1.165) is 25.7 Å². The van der Waals surface area contributed by atoms with Crippen LogP contribution in [-0.4, -0.2) is 90.3 Å². The number of ether oxygens (including phenoxy) is 4. The van der Waals surface area contributed by atoms with E-state index < -0.39 is 59.0 Å². The minimum Gasteiger partial charge on any atom is -0.543 e. The first kappa shape index (κ1) is 39.9. The Kier molecular flexibility index (Phi) is 12.4. The molecule has 1 saturated heterocycles. The van der Waals surface area contributed by atoms with E-state index >= 15 is 0 Å². The van der Waals surface area contributed by atoms with Crippen LogP contribution in [0.4, 0.5) is 4.79 Å². The van der Waals surface area contributed by atoms with Crippen molar-refractivity contribution in [3.63, 3.8) is 0 Å². The van der Waals surface area contributed by atoms with Crippen molar-refractivity contribution in [1.82, 2.24) is 20.5 Å². The number of pyridine rings is 1. The van der Waals surface area contributed by atoms with E-state index in [0.29, 0.717) is 22.2 Å². The number of hydrogen-bond acceptors (Lipinski definition) is 11. The maximum atomic E-state index is 14.4. The number of nitrogens with zero attached hydrogens (tertiary/aromatic N) is 2. The summed E-state index contributed by atoms with van der Waals surface area (Å²) in [5.74, 6) is -3.03. The molecule has 1 aliphatic heterocycles. The van der Waals surface area contributed by atoms with Crippen molar-refractivity contribution in [2.75, 3.05) is 20.8 Å². The number of methoxy groups -OCH3 is 2. The number of aryl methyl sites for hydroxylation is 1. The molecule has 15 heteroatoms. The molecule has 270 valence electrons. The van der Waals surface area contributed by atoms with Crippen LogP contribution in [0.3, 0.4) is 0 Å². The fourth-order valence-electron chi connectivity index (χ4n) is 6.97. The first-order valence-electron chi connectivity index (χ1n) is 16.8. The zero-order chi connectivity index (χ0) is 36.5. The zero-order valence-electron chi connectivity index (χ0n) is 30.3. The number of carboxylic acids is 1. The number of aromatic carboxylic acids is 1. The van der Waals surface area contributed by atoms with E-state index in [9.17, 15) is 29.1 Å². The van der Waals surface area contributed by atoms with Crippen molar-refractivity contribution in [2.45, 2.75) is 96.1 Å². The minimum atomic E-state index is -1.52. The van der Waals surface area contributed by atoms with E-state index in [1.807, 2.05) is 0 Å². The van der Waals surface area contributed by atoms with Gasteiger partial charge in [-0.1, -0.05) is 26.8 Å². The van der Waals surface area contributed by atoms with Crippen molar-refractivity contribution >= 4 is 40.7 Å². The van der Waals surface area contributed by atoms with Gasteiger partial charge in [0.1, 0.15) is 41.3 Å². The predicted molar refractivity (Wildman–Crippen MR) is 178 cm³/mol. The molecule has 1 aromatic carbocycles. The Hall–Kier alpha value is -3.88. The summed E-state index contributed by atoms with van der Waals surface area (Å²) in [5.41, 5.74) is -1.59. The normalized spacial score (nSPS) is 23.4. The number of fused-ring (bicyclic) bond motifs is 1. The van der Waals surface area contributed by atoms with Gasteiger partial charge in [-0.15, -0.1) is 6.58 Å². The van der Waals surface area contributed by atoms with E-state index in [1.165, 1.54) is 25.2 Å². The topological polar surface area (TPSA) is 186 Å². The second kappa shape index (κ2) is 15.8. The van der Waals surface area contributed by atoms with Crippen LogP contribution >= 0.6 is 0 Å². The van der Waals surface area contributed by atoms with Crippen LogP contribution in [-0.2, 0) is 23.9 Å². The molecule has 5 atom stereocenters. The summed E-state index contributed by atoms with van der Waals surface area (Å²) in [4.78, 5) is 71.9. The number of carbonyl (C=O) groups excluding carboxylic acids is 5. The molecule has 3 aliphatic rings. The van der Waals surface area contributed by atoms with Crippen molar-refractivity contribution in [2.24, 2.45) is 11.3 Å². The predicted octanol–water partition coefficient (Wildman–Crippen LogP) is -0.415. The summed E-state index contributed by atoms with van der Waals surface area (Å²) in [6.45, 7) is 10.8. The largest absolute Gasteiger partial charge is 1.00 e. The van der Waals surface area contributed by atoms with Crippen LogP contribution in [0.2, 0.25) is 0 Å². The van der Waals surface area contributed by atoms with E-state index in [4.69, 9.17) is 18.9 Å². The van der Waals surface area contributed by atoms with E-state index in [2.05, 4.69) is 22.2 Å². The SMILES string of the molecule is C=C[C@@H]1C[C@]1(NC(=O)[C@@H]1C[C@@H](Oc2cc(C(=O)[O-])nc3c(C)c(OC)ccc23)CN1C(=O)[C@@H](NC(=O)OC1CCCC1)C(C)(C)C)C(=O)OC.[Na+]. The van der Waals surface area contributed by atoms with Crippen LogP contribution in [0.15, 0.2) is 30.9 Å². The summed E-state index contributed by atoms with van der Waals surface area (Å²) < 4.78 is 22.4. The van der Waals surface area contributed by atoms with Crippen molar-refractivity contribution < 1.29 is 77.6 Å².